The average Bonchev–Trinajstić information content (AvgIpc) is 1.97. The first-order valence-corrected chi connectivity index (χ1v) is 5.73. The van der Waals surface area contributed by atoms with E-state index in [1.807, 2.05) is 0 Å². The maximum atomic E-state index is 3.60. The van der Waals surface area contributed by atoms with Crippen LogP contribution in [0.4, 0.5) is 0 Å². The molecule has 0 saturated heterocycles. The lowest BCUT2D eigenvalue weighted by Crippen LogP contribution is -2.20. The van der Waals surface area contributed by atoms with Crippen LogP contribution in [0.25, 0.3) is 0 Å². The predicted molar refractivity (Wildman–Crippen MR) is 53.9 cm³/mol. The van der Waals surface area contributed by atoms with Crippen molar-refractivity contribution in [2.75, 3.05) is 0 Å². The second kappa shape index (κ2) is 2.35. The highest BCUT2D eigenvalue weighted by atomic mass is 79.9. The molecule has 2 aliphatic carbocycles. The van der Waals surface area contributed by atoms with Gasteiger partial charge in [0.2, 0.25) is 0 Å². The molecule has 12 heavy (non-hydrogen) atoms. The standard InChI is InChI=1S/C11H11Br/c12-6-11-9-3-1-7(9)5-8-2-4-10(8)11/h5H,1-4,6H2. The Kier molecular flexibility index (Phi) is 1.40. The predicted octanol–water partition coefficient (Wildman–Crippen LogP) is 2.78. The Morgan fingerprint density at radius 2 is 1.58 bits per heavy atom. The van der Waals surface area contributed by atoms with Crippen molar-refractivity contribution in [3.63, 3.8) is 0 Å². The molecule has 0 unspecified atom stereocenters. The van der Waals surface area contributed by atoms with Crippen molar-refractivity contribution in [3.8, 4) is 0 Å². The molecule has 3 rings (SSSR count). The van der Waals surface area contributed by atoms with E-state index in [4.69, 9.17) is 0 Å². The van der Waals surface area contributed by atoms with Crippen LogP contribution in [0.1, 0.15) is 27.8 Å². The van der Waals surface area contributed by atoms with Gasteiger partial charge in [-0.3, -0.25) is 0 Å². The largest absolute Gasteiger partial charge is 0.0876 e. The summed E-state index contributed by atoms with van der Waals surface area (Å²) in [5, 5.41) is 1.07. The summed E-state index contributed by atoms with van der Waals surface area (Å²) in [5.41, 5.74) is 8.20. The Labute approximate surface area is 81.1 Å². The summed E-state index contributed by atoms with van der Waals surface area (Å²) in [6, 6.07) is 2.43. The van der Waals surface area contributed by atoms with Crippen LogP contribution in [-0.2, 0) is 31.0 Å². The summed E-state index contributed by atoms with van der Waals surface area (Å²) in [7, 11) is 0. The summed E-state index contributed by atoms with van der Waals surface area (Å²) in [5.74, 6) is 0. The molecular weight excluding hydrogens is 212 g/mol. The Morgan fingerprint density at radius 1 is 1.00 bits per heavy atom. The minimum atomic E-state index is 1.07. The number of hydrogen-bond donors (Lipinski definition) is 0. The number of hydrogen-bond acceptors (Lipinski definition) is 0. The van der Waals surface area contributed by atoms with Gasteiger partial charge in [-0.2, -0.15) is 0 Å². The van der Waals surface area contributed by atoms with E-state index in [9.17, 15) is 0 Å². The highest BCUT2D eigenvalue weighted by molar-refractivity contribution is 9.08. The molecule has 0 radical (unpaired) electrons. The van der Waals surface area contributed by atoms with Crippen LogP contribution in [0.2, 0.25) is 0 Å². The molecule has 0 spiro atoms. The van der Waals surface area contributed by atoms with Gasteiger partial charge < -0.3 is 0 Å². The summed E-state index contributed by atoms with van der Waals surface area (Å²) < 4.78 is 0. The van der Waals surface area contributed by atoms with Crippen molar-refractivity contribution in [2.24, 2.45) is 0 Å². The molecule has 0 heterocycles. The topological polar surface area (TPSA) is 0 Å². The smallest absolute Gasteiger partial charge is 0.0288 e. The van der Waals surface area contributed by atoms with Crippen molar-refractivity contribution in [1.29, 1.82) is 0 Å². The molecule has 1 aromatic rings. The monoisotopic (exact) mass is 222 g/mol. The van der Waals surface area contributed by atoms with Gasteiger partial charge in [0.15, 0.2) is 0 Å². The van der Waals surface area contributed by atoms with Gasteiger partial charge in [0.25, 0.3) is 0 Å². The molecule has 0 fully saturated rings. The Balaban J connectivity index is 2.27. The highest BCUT2D eigenvalue weighted by Crippen LogP contribution is 2.37. The van der Waals surface area contributed by atoms with Crippen molar-refractivity contribution >= 4 is 15.9 Å². The molecule has 0 N–H and O–H groups in total. The fraction of sp³-hybridized carbons (Fsp3) is 0.455. The lowest BCUT2D eigenvalue weighted by Gasteiger charge is -2.31. The van der Waals surface area contributed by atoms with E-state index >= 15 is 0 Å². The van der Waals surface area contributed by atoms with E-state index in [-0.39, 0.29) is 0 Å². The van der Waals surface area contributed by atoms with Crippen molar-refractivity contribution < 1.29 is 0 Å². The zero-order valence-electron chi connectivity index (χ0n) is 6.99. The third-order valence-electron chi connectivity index (χ3n) is 3.27. The Hall–Kier alpha value is -0.300. The van der Waals surface area contributed by atoms with Crippen LogP contribution in [0.3, 0.4) is 0 Å². The zero-order chi connectivity index (χ0) is 8.13. The number of alkyl halides is 1. The first-order valence-electron chi connectivity index (χ1n) is 4.61. The summed E-state index contributed by atoms with van der Waals surface area (Å²) >= 11 is 3.60. The van der Waals surface area contributed by atoms with E-state index in [1.54, 1.807) is 27.8 Å². The number of halogens is 1. The van der Waals surface area contributed by atoms with E-state index < -0.39 is 0 Å². The second-order valence-electron chi connectivity index (χ2n) is 3.76. The molecule has 0 bridgehead atoms. The van der Waals surface area contributed by atoms with Gasteiger partial charge in [0, 0.05) is 5.33 Å². The number of benzene rings is 1. The van der Waals surface area contributed by atoms with Crippen LogP contribution in [0.15, 0.2) is 6.07 Å². The third kappa shape index (κ3) is 0.731. The van der Waals surface area contributed by atoms with Gasteiger partial charge in [-0.1, -0.05) is 22.0 Å². The quantitative estimate of drug-likeness (QED) is 0.642. The molecule has 0 saturated carbocycles. The maximum Gasteiger partial charge on any atom is 0.0288 e. The molecule has 1 aromatic carbocycles. The average molecular weight is 223 g/mol. The van der Waals surface area contributed by atoms with Gasteiger partial charge in [-0.25, -0.2) is 0 Å². The van der Waals surface area contributed by atoms with Gasteiger partial charge in [-0.05, 0) is 53.5 Å². The molecule has 0 nitrogen and oxygen atoms in total. The molecule has 0 amide bonds. The fourth-order valence-electron chi connectivity index (χ4n) is 2.35. The van der Waals surface area contributed by atoms with Crippen molar-refractivity contribution in [2.45, 2.75) is 31.0 Å². The molecule has 0 aromatic heterocycles. The van der Waals surface area contributed by atoms with E-state index in [2.05, 4.69) is 22.0 Å². The highest BCUT2D eigenvalue weighted by Gasteiger charge is 2.25. The summed E-state index contributed by atoms with van der Waals surface area (Å²) in [6.07, 6.45) is 5.29. The number of rotatable bonds is 1. The minimum absolute atomic E-state index is 1.07. The van der Waals surface area contributed by atoms with E-state index in [0.717, 1.165) is 5.33 Å². The zero-order valence-corrected chi connectivity index (χ0v) is 8.58. The van der Waals surface area contributed by atoms with Crippen LogP contribution in [-0.4, -0.2) is 0 Å². The molecule has 62 valence electrons. The summed E-state index contributed by atoms with van der Waals surface area (Å²) in [4.78, 5) is 0. The van der Waals surface area contributed by atoms with Crippen molar-refractivity contribution in [3.05, 3.63) is 33.9 Å². The normalized spacial score (nSPS) is 17.4. The fourth-order valence-corrected chi connectivity index (χ4v) is 3.03. The van der Waals surface area contributed by atoms with Gasteiger partial charge >= 0.3 is 0 Å². The van der Waals surface area contributed by atoms with Gasteiger partial charge in [0.1, 0.15) is 0 Å². The van der Waals surface area contributed by atoms with Crippen LogP contribution in [0.5, 0.6) is 0 Å². The van der Waals surface area contributed by atoms with Crippen molar-refractivity contribution in [1.82, 2.24) is 0 Å². The SMILES string of the molecule is BrCc1c2c(cc3c1CC3)CC2. The van der Waals surface area contributed by atoms with Crippen LogP contribution >= 0.6 is 15.9 Å². The second-order valence-corrected chi connectivity index (χ2v) is 4.32. The van der Waals surface area contributed by atoms with Crippen LogP contribution in [0, 0.1) is 0 Å². The third-order valence-corrected chi connectivity index (χ3v) is 3.84. The van der Waals surface area contributed by atoms with E-state index in [1.165, 1.54) is 25.7 Å². The minimum Gasteiger partial charge on any atom is -0.0876 e. The maximum absolute atomic E-state index is 3.60. The first kappa shape index (κ1) is 7.14. The van der Waals surface area contributed by atoms with E-state index in [0.29, 0.717) is 0 Å². The Morgan fingerprint density at radius 3 is 1.92 bits per heavy atom. The molecule has 0 atom stereocenters. The molecule has 0 aliphatic heterocycles. The summed E-state index contributed by atoms with van der Waals surface area (Å²) in [6.45, 7) is 0. The Bertz CT molecular complexity index is 322. The number of fused-ring (bicyclic) bond motifs is 2. The van der Waals surface area contributed by atoms with Gasteiger partial charge in [0.05, 0.1) is 0 Å². The first-order chi connectivity index (χ1) is 5.90. The lowest BCUT2D eigenvalue weighted by molar-refractivity contribution is 0.757. The van der Waals surface area contributed by atoms with Crippen LogP contribution < -0.4 is 0 Å². The molecule has 2 aliphatic rings. The van der Waals surface area contributed by atoms with Gasteiger partial charge in [-0.15, -0.1) is 0 Å². The number of aryl methyl sites for hydroxylation is 2. The molecular formula is C11H11Br. The molecule has 1 heteroatoms. The lowest BCUT2D eigenvalue weighted by atomic mass is 9.75.